The Morgan fingerprint density at radius 3 is 2.61 bits per heavy atom. The molecule has 0 radical (unpaired) electrons. The first-order valence-corrected chi connectivity index (χ1v) is 6.54. The Labute approximate surface area is 109 Å². The van der Waals surface area contributed by atoms with Gasteiger partial charge in [-0.05, 0) is 18.4 Å². The molecule has 0 spiro atoms. The van der Waals surface area contributed by atoms with Crippen molar-refractivity contribution in [2.45, 2.75) is 32.8 Å². The number of benzene rings is 1. The molecule has 1 aromatic rings. The SMILES string of the molecule is CCCOCC(=O)CCCOCc1ccccc1. The van der Waals surface area contributed by atoms with Crippen LogP contribution >= 0.6 is 0 Å². The van der Waals surface area contributed by atoms with Gasteiger partial charge in [0.25, 0.3) is 0 Å². The van der Waals surface area contributed by atoms with Crippen LogP contribution in [0.3, 0.4) is 0 Å². The van der Waals surface area contributed by atoms with Gasteiger partial charge in [0.05, 0.1) is 6.61 Å². The minimum Gasteiger partial charge on any atom is -0.377 e. The standard InChI is InChI=1S/C15H22O3/c1-2-10-17-13-15(16)9-6-11-18-12-14-7-4-3-5-8-14/h3-5,7-8H,2,6,9-13H2,1H3. The molecular weight excluding hydrogens is 228 g/mol. The second kappa shape index (κ2) is 9.80. The van der Waals surface area contributed by atoms with Gasteiger partial charge in [0.1, 0.15) is 6.61 Å². The molecule has 0 N–H and O–H groups in total. The van der Waals surface area contributed by atoms with Gasteiger partial charge < -0.3 is 9.47 Å². The Hall–Kier alpha value is -1.19. The van der Waals surface area contributed by atoms with E-state index in [9.17, 15) is 4.79 Å². The molecule has 0 saturated heterocycles. The number of carbonyl (C=O) groups is 1. The van der Waals surface area contributed by atoms with Crippen LogP contribution in [0.1, 0.15) is 31.7 Å². The van der Waals surface area contributed by atoms with Crippen molar-refractivity contribution in [3.05, 3.63) is 35.9 Å². The molecule has 0 amide bonds. The Bertz CT molecular complexity index is 322. The van der Waals surface area contributed by atoms with Crippen molar-refractivity contribution in [2.24, 2.45) is 0 Å². The lowest BCUT2D eigenvalue weighted by molar-refractivity contribution is -0.123. The summed E-state index contributed by atoms with van der Waals surface area (Å²) in [6.45, 7) is 4.17. The van der Waals surface area contributed by atoms with Crippen LogP contribution in [0.4, 0.5) is 0 Å². The zero-order valence-electron chi connectivity index (χ0n) is 11.1. The van der Waals surface area contributed by atoms with E-state index in [4.69, 9.17) is 9.47 Å². The van der Waals surface area contributed by atoms with Crippen LogP contribution in [0, 0.1) is 0 Å². The highest BCUT2D eigenvalue weighted by molar-refractivity contribution is 5.79. The second-order valence-corrected chi connectivity index (χ2v) is 4.23. The Morgan fingerprint density at radius 1 is 1.11 bits per heavy atom. The quantitative estimate of drug-likeness (QED) is 0.599. The summed E-state index contributed by atoms with van der Waals surface area (Å²) < 4.78 is 10.7. The van der Waals surface area contributed by atoms with E-state index in [1.54, 1.807) is 0 Å². The average molecular weight is 250 g/mol. The molecule has 0 heterocycles. The summed E-state index contributed by atoms with van der Waals surface area (Å²) in [6.07, 6.45) is 2.26. The van der Waals surface area contributed by atoms with Gasteiger partial charge >= 0.3 is 0 Å². The number of rotatable bonds is 10. The van der Waals surface area contributed by atoms with E-state index < -0.39 is 0 Å². The van der Waals surface area contributed by atoms with Crippen molar-refractivity contribution < 1.29 is 14.3 Å². The molecule has 0 aliphatic rings. The van der Waals surface area contributed by atoms with Gasteiger partial charge in [-0.25, -0.2) is 0 Å². The summed E-state index contributed by atoms with van der Waals surface area (Å²) in [5.74, 6) is 0.159. The summed E-state index contributed by atoms with van der Waals surface area (Å²) in [6, 6.07) is 10.0. The highest BCUT2D eigenvalue weighted by atomic mass is 16.5. The van der Waals surface area contributed by atoms with E-state index in [0.29, 0.717) is 26.2 Å². The lowest BCUT2D eigenvalue weighted by Crippen LogP contribution is -2.10. The van der Waals surface area contributed by atoms with Gasteiger partial charge in [0, 0.05) is 19.6 Å². The maximum Gasteiger partial charge on any atom is 0.158 e. The predicted molar refractivity (Wildman–Crippen MR) is 71.4 cm³/mol. The summed E-state index contributed by atoms with van der Waals surface area (Å²) in [4.78, 5) is 11.4. The first kappa shape index (κ1) is 14.9. The fourth-order valence-electron chi connectivity index (χ4n) is 1.54. The van der Waals surface area contributed by atoms with E-state index in [-0.39, 0.29) is 12.4 Å². The van der Waals surface area contributed by atoms with E-state index in [0.717, 1.165) is 18.4 Å². The topological polar surface area (TPSA) is 35.5 Å². The predicted octanol–water partition coefficient (Wildman–Crippen LogP) is 2.98. The molecule has 0 bridgehead atoms. The number of hydrogen-bond donors (Lipinski definition) is 0. The zero-order valence-corrected chi connectivity index (χ0v) is 11.1. The smallest absolute Gasteiger partial charge is 0.158 e. The average Bonchev–Trinajstić information content (AvgIpc) is 2.40. The van der Waals surface area contributed by atoms with Crippen molar-refractivity contribution >= 4 is 5.78 Å². The number of ketones is 1. The van der Waals surface area contributed by atoms with E-state index >= 15 is 0 Å². The molecule has 0 aliphatic carbocycles. The molecule has 1 rings (SSSR count). The van der Waals surface area contributed by atoms with Crippen molar-refractivity contribution in [3.8, 4) is 0 Å². The third-order valence-corrected chi connectivity index (χ3v) is 2.47. The number of Topliss-reactive ketones (excluding diaryl/α,β-unsaturated/α-hetero) is 1. The zero-order chi connectivity index (χ0) is 13.1. The molecule has 100 valence electrons. The number of hydrogen-bond acceptors (Lipinski definition) is 3. The highest BCUT2D eigenvalue weighted by Gasteiger charge is 2.01. The summed E-state index contributed by atoms with van der Waals surface area (Å²) >= 11 is 0. The van der Waals surface area contributed by atoms with Crippen LogP contribution in [0.2, 0.25) is 0 Å². The molecule has 18 heavy (non-hydrogen) atoms. The van der Waals surface area contributed by atoms with E-state index in [2.05, 4.69) is 0 Å². The minimum atomic E-state index is 0.159. The third kappa shape index (κ3) is 7.20. The summed E-state index contributed by atoms with van der Waals surface area (Å²) in [5, 5.41) is 0. The normalized spacial score (nSPS) is 10.5. The molecule has 0 aliphatic heterocycles. The lowest BCUT2D eigenvalue weighted by atomic mass is 10.2. The van der Waals surface area contributed by atoms with Gasteiger partial charge in [-0.3, -0.25) is 4.79 Å². The Kier molecular flexibility index (Phi) is 8.10. The number of ether oxygens (including phenoxy) is 2. The van der Waals surface area contributed by atoms with E-state index in [1.165, 1.54) is 0 Å². The molecule has 1 aromatic carbocycles. The molecule has 3 heteroatoms. The molecule has 3 nitrogen and oxygen atoms in total. The van der Waals surface area contributed by atoms with Crippen LogP contribution < -0.4 is 0 Å². The van der Waals surface area contributed by atoms with Crippen LogP contribution in [0.15, 0.2) is 30.3 Å². The molecule has 0 fully saturated rings. The molecular formula is C15H22O3. The molecule has 0 saturated carbocycles. The Balaban J connectivity index is 1.97. The highest BCUT2D eigenvalue weighted by Crippen LogP contribution is 2.01. The first-order valence-electron chi connectivity index (χ1n) is 6.54. The summed E-state index contributed by atoms with van der Waals surface area (Å²) in [7, 11) is 0. The van der Waals surface area contributed by atoms with Crippen LogP contribution in [0.25, 0.3) is 0 Å². The van der Waals surface area contributed by atoms with Gasteiger partial charge in [0.2, 0.25) is 0 Å². The van der Waals surface area contributed by atoms with Crippen LogP contribution in [-0.4, -0.2) is 25.6 Å². The van der Waals surface area contributed by atoms with Crippen molar-refractivity contribution in [3.63, 3.8) is 0 Å². The van der Waals surface area contributed by atoms with Crippen molar-refractivity contribution in [2.75, 3.05) is 19.8 Å². The van der Waals surface area contributed by atoms with Crippen molar-refractivity contribution in [1.82, 2.24) is 0 Å². The van der Waals surface area contributed by atoms with Gasteiger partial charge in [-0.1, -0.05) is 37.3 Å². The largest absolute Gasteiger partial charge is 0.377 e. The monoisotopic (exact) mass is 250 g/mol. The molecule has 0 atom stereocenters. The Morgan fingerprint density at radius 2 is 1.89 bits per heavy atom. The first-order chi connectivity index (χ1) is 8.83. The maximum absolute atomic E-state index is 11.4. The minimum absolute atomic E-state index is 0.159. The van der Waals surface area contributed by atoms with Gasteiger partial charge in [-0.2, -0.15) is 0 Å². The fourth-order valence-corrected chi connectivity index (χ4v) is 1.54. The van der Waals surface area contributed by atoms with Crippen LogP contribution in [0.5, 0.6) is 0 Å². The lowest BCUT2D eigenvalue weighted by Gasteiger charge is -2.04. The molecule has 0 unspecified atom stereocenters. The number of carbonyl (C=O) groups excluding carboxylic acids is 1. The summed E-state index contributed by atoms with van der Waals surface area (Å²) in [5.41, 5.74) is 1.16. The molecule has 0 aromatic heterocycles. The maximum atomic E-state index is 11.4. The van der Waals surface area contributed by atoms with Crippen LogP contribution in [-0.2, 0) is 20.9 Å². The third-order valence-electron chi connectivity index (χ3n) is 2.47. The van der Waals surface area contributed by atoms with Gasteiger partial charge in [0.15, 0.2) is 5.78 Å². The fraction of sp³-hybridized carbons (Fsp3) is 0.533. The van der Waals surface area contributed by atoms with E-state index in [1.807, 2.05) is 37.3 Å². The second-order valence-electron chi connectivity index (χ2n) is 4.23. The van der Waals surface area contributed by atoms with Gasteiger partial charge in [-0.15, -0.1) is 0 Å². The van der Waals surface area contributed by atoms with Crippen molar-refractivity contribution in [1.29, 1.82) is 0 Å².